The minimum absolute atomic E-state index is 0.172. The SMILES string of the molecule is [C-]#[N+]C(C)(c1ccccc1)S(=O)(=O)c1ccc(C)cc1. The van der Waals surface area contributed by atoms with Gasteiger partial charge in [-0.3, -0.25) is 4.85 Å². The number of nitrogens with zero attached hydrogens (tertiary/aromatic N) is 1. The average Bonchev–Trinajstić information content (AvgIpc) is 2.47. The first-order valence-electron chi connectivity index (χ1n) is 6.17. The van der Waals surface area contributed by atoms with Gasteiger partial charge in [0.1, 0.15) is 0 Å². The summed E-state index contributed by atoms with van der Waals surface area (Å²) in [6, 6.07) is 15.2. The Bertz CT molecular complexity index is 743. The van der Waals surface area contributed by atoms with E-state index < -0.39 is 14.7 Å². The second kappa shape index (κ2) is 5.10. The van der Waals surface area contributed by atoms with Crippen LogP contribution in [0.4, 0.5) is 0 Å². The molecule has 0 amide bonds. The Morgan fingerprint density at radius 1 is 1.00 bits per heavy atom. The fourth-order valence-electron chi connectivity index (χ4n) is 1.97. The third-order valence-electron chi connectivity index (χ3n) is 3.38. The molecule has 0 heterocycles. The number of sulfone groups is 1. The highest BCUT2D eigenvalue weighted by molar-refractivity contribution is 7.92. The largest absolute Gasteiger partial charge is 0.355 e. The number of hydrogen-bond acceptors (Lipinski definition) is 2. The second-order valence-electron chi connectivity index (χ2n) is 4.78. The van der Waals surface area contributed by atoms with Crippen LogP contribution in [0.1, 0.15) is 18.1 Å². The first-order valence-corrected chi connectivity index (χ1v) is 7.65. The maximum atomic E-state index is 12.8. The molecular formula is C16H15NO2S. The van der Waals surface area contributed by atoms with Crippen LogP contribution >= 0.6 is 0 Å². The van der Waals surface area contributed by atoms with Crippen LogP contribution in [-0.4, -0.2) is 8.42 Å². The van der Waals surface area contributed by atoms with E-state index in [-0.39, 0.29) is 4.90 Å². The minimum atomic E-state index is -3.77. The van der Waals surface area contributed by atoms with Crippen molar-refractivity contribution in [2.24, 2.45) is 0 Å². The van der Waals surface area contributed by atoms with Gasteiger partial charge in [-0.15, -0.1) is 0 Å². The van der Waals surface area contributed by atoms with Crippen molar-refractivity contribution in [2.75, 3.05) is 0 Å². The van der Waals surface area contributed by atoms with Gasteiger partial charge in [-0.2, -0.15) is 0 Å². The van der Waals surface area contributed by atoms with Crippen LogP contribution in [0.25, 0.3) is 4.85 Å². The van der Waals surface area contributed by atoms with E-state index in [4.69, 9.17) is 6.57 Å². The van der Waals surface area contributed by atoms with E-state index in [2.05, 4.69) is 4.85 Å². The molecule has 2 aromatic carbocycles. The smallest absolute Gasteiger partial charge is 0.288 e. The van der Waals surface area contributed by atoms with E-state index in [1.807, 2.05) is 6.92 Å². The molecule has 1 unspecified atom stereocenters. The maximum Gasteiger partial charge on any atom is 0.355 e. The summed E-state index contributed by atoms with van der Waals surface area (Å²) in [5, 5.41) is 0. The molecule has 2 rings (SSSR count). The van der Waals surface area contributed by atoms with E-state index in [9.17, 15) is 8.42 Å². The van der Waals surface area contributed by atoms with Gasteiger partial charge in [0.2, 0.25) is 0 Å². The summed E-state index contributed by atoms with van der Waals surface area (Å²) in [4.78, 5) is 1.99. The predicted octanol–water partition coefficient (Wildman–Crippen LogP) is 3.56. The van der Waals surface area contributed by atoms with Crippen molar-refractivity contribution in [2.45, 2.75) is 23.6 Å². The van der Waals surface area contributed by atoms with Crippen LogP contribution in [0.2, 0.25) is 0 Å². The molecule has 0 aliphatic carbocycles. The molecule has 0 bridgehead atoms. The molecule has 4 heteroatoms. The molecule has 3 nitrogen and oxygen atoms in total. The van der Waals surface area contributed by atoms with E-state index in [0.717, 1.165) is 5.56 Å². The molecule has 2 aromatic rings. The fourth-order valence-corrected chi connectivity index (χ4v) is 3.49. The van der Waals surface area contributed by atoms with Gasteiger partial charge in [0.15, 0.2) is 0 Å². The molecule has 102 valence electrons. The van der Waals surface area contributed by atoms with Gasteiger partial charge < -0.3 is 0 Å². The van der Waals surface area contributed by atoms with Crippen LogP contribution < -0.4 is 0 Å². The summed E-state index contributed by atoms with van der Waals surface area (Å²) in [6.45, 7) is 10.7. The lowest BCUT2D eigenvalue weighted by atomic mass is 10.1. The summed E-state index contributed by atoms with van der Waals surface area (Å²) in [7, 11) is -3.77. The lowest BCUT2D eigenvalue weighted by Crippen LogP contribution is -2.29. The molecule has 0 aliphatic heterocycles. The first kappa shape index (κ1) is 14.3. The first-order chi connectivity index (χ1) is 9.41. The average molecular weight is 285 g/mol. The van der Waals surface area contributed by atoms with Crippen molar-refractivity contribution in [1.82, 2.24) is 0 Å². The highest BCUT2D eigenvalue weighted by atomic mass is 32.2. The lowest BCUT2D eigenvalue weighted by Gasteiger charge is -2.18. The van der Waals surface area contributed by atoms with Crippen LogP contribution in [0.3, 0.4) is 0 Å². The van der Waals surface area contributed by atoms with Crippen LogP contribution in [0.5, 0.6) is 0 Å². The van der Waals surface area contributed by atoms with E-state index in [0.29, 0.717) is 5.56 Å². The molecule has 0 aromatic heterocycles. The maximum absolute atomic E-state index is 12.8. The molecule has 0 N–H and O–H groups in total. The van der Waals surface area contributed by atoms with Crippen molar-refractivity contribution in [1.29, 1.82) is 0 Å². The van der Waals surface area contributed by atoms with Crippen molar-refractivity contribution < 1.29 is 8.42 Å². The number of hydrogen-bond donors (Lipinski definition) is 0. The van der Waals surface area contributed by atoms with Crippen LogP contribution in [0, 0.1) is 13.5 Å². The van der Waals surface area contributed by atoms with Gasteiger partial charge in [0.05, 0.1) is 10.5 Å². The summed E-state index contributed by atoms with van der Waals surface area (Å²) >= 11 is 0. The third-order valence-corrected chi connectivity index (χ3v) is 5.64. The molecular weight excluding hydrogens is 270 g/mol. The van der Waals surface area contributed by atoms with Gasteiger partial charge in [-0.05, 0) is 31.2 Å². The quantitative estimate of drug-likeness (QED) is 0.809. The summed E-state index contributed by atoms with van der Waals surface area (Å²) < 4.78 is 25.6. The molecule has 1 atom stereocenters. The highest BCUT2D eigenvalue weighted by Gasteiger charge is 2.48. The summed E-state index contributed by atoms with van der Waals surface area (Å²) in [5.74, 6) is 0. The zero-order chi connectivity index (χ0) is 14.8. The fraction of sp³-hybridized carbons (Fsp3) is 0.188. The molecule has 20 heavy (non-hydrogen) atoms. The Balaban J connectivity index is 2.62. The lowest BCUT2D eigenvalue weighted by molar-refractivity contribution is 0.568. The number of aryl methyl sites for hydroxylation is 1. The van der Waals surface area contributed by atoms with Crippen molar-refractivity contribution >= 4 is 9.84 Å². The van der Waals surface area contributed by atoms with Crippen molar-refractivity contribution in [3.63, 3.8) is 0 Å². The standard InChI is InChI=1S/C16H15NO2S/c1-13-9-11-15(12-10-13)20(18,19)16(2,17-3)14-7-5-4-6-8-14/h4-12H,1-2H3. The van der Waals surface area contributed by atoms with Gasteiger partial charge in [-0.25, -0.2) is 15.0 Å². The van der Waals surface area contributed by atoms with E-state index in [1.165, 1.54) is 6.92 Å². The van der Waals surface area contributed by atoms with E-state index >= 15 is 0 Å². The molecule has 0 saturated carbocycles. The predicted molar refractivity (Wildman–Crippen MR) is 78.8 cm³/mol. The molecule has 0 saturated heterocycles. The van der Waals surface area contributed by atoms with Crippen molar-refractivity contribution in [3.05, 3.63) is 77.1 Å². The Morgan fingerprint density at radius 2 is 1.55 bits per heavy atom. The topological polar surface area (TPSA) is 38.5 Å². The third kappa shape index (κ3) is 2.21. The van der Waals surface area contributed by atoms with Crippen LogP contribution in [-0.2, 0) is 14.7 Å². The number of rotatable bonds is 3. The Labute approximate surface area is 119 Å². The monoisotopic (exact) mass is 285 g/mol. The van der Waals surface area contributed by atoms with Crippen LogP contribution in [0.15, 0.2) is 59.5 Å². The van der Waals surface area contributed by atoms with Crippen molar-refractivity contribution in [3.8, 4) is 0 Å². The zero-order valence-corrected chi connectivity index (χ0v) is 12.2. The summed E-state index contributed by atoms with van der Waals surface area (Å²) in [6.07, 6.45) is 0. The molecule has 0 fully saturated rings. The van der Waals surface area contributed by atoms with E-state index in [1.54, 1.807) is 54.6 Å². The molecule has 0 radical (unpaired) electrons. The number of benzene rings is 2. The van der Waals surface area contributed by atoms with Gasteiger partial charge in [0.25, 0.3) is 9.84 Å². The molecule has 0 spiro atoms. The Morgan fingerprint density at radius 3 is 2.05 bits per heavy atom. The Hall–Kier alpha value is -2.12. The van der Waals surface area contributed by atoms with Gasteiger partial charge in [-0.1, -0.05) is 35.9 Å². The normalized spacial score (nSPS) is 14.2. The highest BCUT2D eigenvalue weighted by Crippen LogP contribution is 2.36. The van der Waals surface area contributed by atoms with Gasteiger partial charge in [0, 0.05) is 6.92 Å². The summed E-state index contributed by atoms with van der Waals surface area (Å²) in [5.41, 5.74) is 1.46. The molecule has 0 aliphatic rings. The zero-order valence-electron chi connectivity index (χ0n) is 11.4. The second-order valence-corrected chi connectivity index (χ2v) is 7.05. The Kier molecular flexibility index (Phi) is 3.65. The minimum Gasteiger partial charge on any atom is -0.288 e. The van der Waals surface area contributed by atoms with Gasteiger partial charge >= 0.3 is 4.87 Å².